The third-order valence-electron chi connectivity index (χ3n) is 3.47. The first-order valence-electron chi connectivity index (χ1n) is 6.77. The molecule has 0 bridgehead atoms. The molecule has 1 saturated heterocycles. The first-order valence-corrected chi connectivity index (χ1v) is 8.42. The maximum Gasteiger partial charge on any atom is 0.211 e. The highest BCUT2D eigenvalue weighted by Crippen LogP contribution is 2.16. The maximum absolute atomic E-state index is 11.9. The minimum Gasteiger partial charge on any atom is -0.382 e. The van der Waals surface area contributed by atoms with Crippen molar-refractivity contribution in [2.45, 2.75) is 25.4 Å². The molecule has 0 saturated carbocycles. The Balaban J connectivity index is 2.26. The highest BCUT2D eigenvalue weighted by atomic mass is 32.2. The van der Waals surface area contributed by atoms with E-state index in [1.165, 1.54) is 0 Å². The highest BCUT2D eigenvalue weighted by Gasteiger charge is 2.18. The summed E-state index contributed by atoms with van der Waals surface area (Å²) in [5.74, 6) is 0.719. The fourth-order valence-electron chi connectivity index (χ4n) is 2.18. The molecule has 1 fully saturated rings. The van der Waals surface area contributed by atoms with E-state index in [2.05, 4.69) is 10.0 Å². The molecule has 0 amide bonds. The summed E-state index contributed by atoms with van der Waals surface area (Å²) in [5.41, 5.74) is 0. The van der Waals surface area contributed by atoms with E-state index in [0.717, 1.165) is 32.4 Å². The first-order chi connectivity index (χ1) is 9.07. The molecule has 0 aromatic rings. The Labute approximate surface area is 116 Å². The lowest BCUT2D eigenvalue weighted by Gasteiger charge is -2.22. The smallest absolute Gasteiger partial charge is 0.211 e. The molecule has 1 rings (SSSR count). The molecule has 0 radical (unpaired) electrons. The Bertz CT molecular complexity index is 314. The normalized spacial score (nSPS) is 19.5. The van der Waals surface area contributed by atoms with E-state index in [9.17, 15) is 8.42 Å². The molecule has 7 heteroatoms. The lowest BCUT2D eigenvalue weighted by molar-refractivity contribution is 0.0320. The summed E-state index contributed by atoms with van der Waals surface area (Å²) in [7, 11) is -0.0947. The Morgan fingerprint density at radius 2 is 2.00 bits per heavy atom. The van der Waals surface area contributed by atoms with Crippen molar-refractivity contribution < 1.29 is 17.9 Å². The summed E-state index contributed by atoms with van der Waals surface area (Å²) in [6.45, 7) is 2.64. The summed E-state index contributed by atoms with van der Waals surface area (Å²) in [4.78, 5) is 0. The van der Waals surface area contributed by atoms with Crippen LogP contribution in [0.2, 0.25) is 0 Å². The third-order valence-corrected chi connectivity index (χ3v) is 4.85. The van der Waals surface area contributed by atoms with Crippen LogP contribution in [0.3, 0.4) is 0 Å². The van der Waals surface area contributed by atoms with Crippen molar-refractivity contribution in [3.05, 3.63) is 0 Å². The zero-order valence-corrected chi connectivity index (χ0v) is 12.7. The van der Waals surface area contributed by atoms with Gasteiger partial charge in [-0.2, -0.15) is 0 Å². The van der Waals surface area contributed by atoms with E-state index >= 15 is 0 Å². The molecule has 0 aromatic heterocycles. The van der Waals surface area contributed by atoms with Gasteiger partial charge in [0.15, 0.2) is 0 Å². The Kier molecular flexibility index (Phi) is 7.86. The van der Waals surface area contributed by atoms with Crippen LogP contribution in [0, 0.1) is 5.92 Å². The van der Waals surface area contributed by atoms with Crippen LogP contribution in [0.5, 0.6) is 0 Å². The number of hydrogen-bond acceptors (Lipinski definition) is 5. The van der Waals surface area contributed by atoms with Gasteiger partial charge in [-0.1, -0.05) is 0 Å². The van der Waals surface area contributed by atoms with Gasteiger partial charge in [-0.15, -0.1) is 0 Å². The Morgan fingerprint density at radius 1 is 1.32 bits per heavy atom. The Hall–Kier alpha value is -0.210. The van der Waals surface area contributed by atoms with Crippen LogP contribution in [-0.2, 0) is 19.5 Å². The molecule has 6 nitrogen and oxygen atoms in total. The minimum absolute atomic E-state index is 0.196. The average Bonchev–Trinajstić information content (AvgIpc) is 2.42. The van der Waals surface area contributed by atoms with Gasteiger partial charge in [0.2, 0.25) is 10.0 Å². The molecular weight excluding hydrogens is 268 g/mol. The van der Waals surface area contributed by atoms with Crippen molar-refractivity contribution in [3.8, 4) is 0 Å². The predicted molar refractivity (Wildman–Crippen MR) is 74.7 cm³/mol. The summed E-state index contributed by atoms with van der Waals surface area (Å²) in [6.07, 6.45) is 2.64. The van der Waals surface area contributed by atoms with Gasteiger partial charge in [0.25, 0.3) is 0 Å². The number of piperidine rings is 1. The highest BCUT2D eigenvalue weighted by molar-refractivity contribution is 7.89. The second-order valence-corrected chi connectivity index (χ2v) is 6.89. The fraction of sp³-hybridized carbons (Fsp3) is 1.00. The summed E-state index contributed by atoms with van der Waals surface area (Å²) in [5, 5.41) is 3.28. The van der Waals surface area contributed by atoms with Crippen molar-refractivity contribution in [2.75, 3.05) is 46.2 Å². The van der Waals surface area contributed by atoms with Gasteiger partial charge >= 0.3 is 0 Å². The zero-order chi connectivity index (χ0) is 14.1. The van der Waals surface area contributed by atoms with Gasteiger partial charge in [-0.25, -0.2) is 13.1 Å². The summed E-state index contributed by atoms with van der Waals surface area (Å²) < 4.78 is 36.4. The van der Waals surface area contributed by atoms with E-state index in [1.54, 1.807) is 14.2 Å². The molecule has 0 aliphatic carbocycles. The molecule has 1 heterocycles. The largest absolute Gasteiger partial charge is 0.382 e. The lowest BCUT2D eigenvalue weighted by Crippen LogP contribution is -2.37. The van der Waals surface area contributed by atoms with Gasteiger partial charge in [-0.3, -0.25) is 0 Å². The van der Waals surface area contributed by atoms with Gasteiger partial charge in [0.1, 0.15) is 0 Å². The number of hydrogen-bond donors (Lipinski definition) is 2. The molecule has 114 valence electrons. The van der Waals surface area contributed by atoms with Crippen molar-refractivity contribution >= 4 is 10.0 Å². The van der Waals surface area contributed by atoms with Gasteiger partial charge in [0.05, 0.1) is 18.5 Å². The zero-order valence-electron chi connectivity index (χ0n) is 11.9. The van der Waals surface area contributed by atoms with E-state index in [0.29, 0.717) is 12.5 Å². The number of rotatable bonds is 9. The van der Waals surface area contributed by atoms with Crippen molar-refractivity contribution in [2.24, 2.45) is 5.92 Å². The van der Waals surface area contributed by atoms with E-state index in [4.69, 9.17) is 9.47 Å². The third kappa shape index (κ3) is 7.22. The molecule has 1 atom stereocenters. The average molecular weight is 294 g/mol. The fourth-order valence-corrected chi connectivity index (χ4v) is 3.41. The van der Waals surface area contributed by atoms with Crippen molar-refractivity contribution in [1.82, 2.24) is 10.0 Å². The molecule has 0 spiro atoms. The predicted octanol–water partition coefficient (Wildman–Crippen LogP) is -0.0431. The van der Waals surface area contributed by atoms with Gasteiger partial charge < -0.3 is 14.8 Å². The molecule has 0 aromatic carbocycles. The number of ether oxygens (including phenoxy) is 2. The first kappa shape index (κ1) is 16.8. The molecular formula is C12H26N2O4S. The monoisotopic (exact) mass is 294 g/mol. The SMILES string of the molecule is COCC(CNS(=O)(=O)CCC1CCNCC1)OC. The van der Waals surface area contributed by atoms with Crippen LogP contribution in [0.4, 0.5) is 0 Å². The minimum atomic E-state index is -3.21. The van der Waals surface area contributed by atoms with E-state index < -0.39 is 10.0 Å². The molecule has 1 aliphatic rings. The van der Waals surface area contributed by atoms with Gasteiger partial charge in [0, 0.05) is 20.8 Å². The number of methoxy groups -OCH3 is 2. The maximum atomic E-state index is 11.9. The standard InChI is InChI=1S/C12H26N2O4S/c1-17-10-12(18-2)9-14-19(15,16)8-5-11-3-6-13-7-4-11/h11-14H,3-10H2,1-2H3. The quantitative estimate of drug-likeness (QED) is 0.624. The molecule has 1 aliphatic heterocycles. The number of nitrogens with one attached hydrogen (secondary N) is 2. The summed E-state index contributed by atoms with van der Waals surface area (Å²) in [6, 6.07) is 0. The second kappa shape index (κ2) is 8.86. The molecule has 1 unspecified atom stereocenters. The molecule has 2 N–H and O–H groups in total. The van der Waals surface area contributed by atoms with Crippen molar-refractivity contribution in [3.63, 3.8) is 0 Å². The Morgan fingerprint density at radius 3 is 2.58 bits per heavy atom. The number of sulfonamides is 1. The van der Waals surface area contributed by atoms with Crippen LogP contribution in [0.15, 0.2) is 0 Å². The van der Waals surface area contributed by atoms with Crippen LogP contribution in [0.25, 0.3) is 0 Å². The topological polar surface area (TPSA) is 76.7 Å². The van der Waals surface area contributed by atoms with Crippen LogP contribution >= 0.6 is 0 Å². The molecule has 19 heavy (non-hydrogen) atoms. The second-order valence-electron chi connectivity index (χ2n) is 4.96. The van der Waals surface area contributed by atoms with Crippen LogP contribution < -0.4 is 10.0 Å². The summed E-state index contributed by atoms with van der Waals surface area (Å²) >= 11 is 0. The van der Waals surface area contributed by atoms with Gasteiger partial charge in [-0.05, 0) is 38.3 Å². The van der Waals surface area contributed by atoms with Crippen LogP contribution in [-0.4, -0.2) is 60.7 Å². The van der Waals surface area contributed by atoms with E-state index in [1.807, 2.05) is 0 Å². The van der Waals surface area contributed by atoms with Crippen molar-refractivity contribution in [1.29, 1.82) is 0 Å². The lowest BCUT2D eigenvalue weighted by atomic mass is 9.96. The van der Waals surface area contributed by atoms with E-state index in [-0.39, 0.29) is 18.4 Å². The van der Waals surface area contributed by atoms with Crippen LogP contribution in [0.1, 0.15) is 19.3 Å².